The first-order valence-electron chi connectivity index (χ1n) is 8.70. The summed E-state index contributed by atoms with van der Waals surface area (Å²) in [5.41, 5.74) is 0.690. The molecule has 0 aliphatic carbocycles. The molecule has 2 aromatic rings. The van der Waals surface area contributed by atoms with Gasteiger partial charge in [-0.25, -0.2) is 4.79 Å². The summed E-state index contributed by atoms with van der Waals surface area (Å²) >= 11 is 0. The second-order valence-electron chi connectivity index (χ2n) is 6.43. The van der Waals surface area contributed by atoms with Gasteiger partial charge in [-0.3, -0.25) is 14.4 Å². The van der Waals surface area contributed by atoms with Crippen molar-refractivity contribution in [1.29, 1.82) is 0 Å². The first kappa shape index (κ1) is 20.9. The summed E-state index contributed by atoms with van der Waals surface area (Å²) in [6.45, 7) is 4.31. The Kier molecular flexibility index (Phi) is 7.08. The molecule has 1 aromatic heterocycles. The van der Waals surface area contributed by atoms with Crippen molar-refractivity contribution in [2.45, 2.75) is 26.8 Å². The van der Waals surface area contributed by atoms with Crippen molar-refractivity contribution in [2.75, 3.05) is 11.9 Å². The largest absolute Gasteiger partial charge is 0.459 e. The molecule has 2 amide bonds. The molecular weight excluding hydrogens is 364 g/mol. The number of rotatable bonds is 8. The van der Waals surface area contributed by atoms with E-state index in [0.717, 1.165) is 0 Å². The van der Waals surface area contributed by atoms with E-state index in [2.05, 4.69) is 10.6 Å². The van der Waals surface area contributed by atoms with Gasteiger partial charge >= 0.3 is 5.97 Å². The summed E-state index contributed by atoms with van der Waals surface area (Å²) in [7, 11) is 0. The summed E-state index contributed by atoms with van der Waals surface area (Å²) in [6, 6.07) is 8.60. The Hall–Kier alpha value is -3.42. The second kappa shape index (κ2) is 9.50. The van der Waals surface area contributed by atoms with Gasteiger partial charge in [0, 0.05) is 5.56 Å². The fourth-order valence-electron chi connectivity index (χ4n) is 2.43. The van der Waals surface area contributed by atoms with Crippen molar-refractivity contribution in [1.82, 2.24) is 5.32 Å². The summed E-state index contributed by atoms with van der Waals surface area (Å²) in [5, 5.41) is 5.07. The molecule has 148 valence electrons. The lowest BCUT2D eigenvalue weighted by molar-refractivity contribution is -0.150. The van der Waals surface area contributed by atoms with E-state index in [4.69, 9.17) is 9.15 Å². The number of ether oxygens (including phenoxy) is 1. The number of benzene rings is 1. The van der Waals surface area contributed by atoms with E-state index in [1.807, 2.05) is 0 Å². The van der Waals surface area contributed by atoms with Crippen molar-refractivity contribution in [3.63, 3.8) is 0 Å². The average Bonchev–Trinajstić information content (AvgIpc) is 3.19. The molecule has 8 heteroatoms. The molecule has 28 heavy (non-hydrogen) atoms. The number of Topliss-reactive ketones (excluding diaryl/α,β-unsaturated/α-hetero) is 1. The zero-order valence-corrected chi connectivity index (χ0v) is 15.9. The van der Waals surface area contributed by atoms with Crippen LogP contribution in [0.3, 0.4) is 0 Å². The number of nitrogens with one attached hydrogen (secondary N) is 2. The number of ketones is 1. The zero-order chi connectivity index (χ0) is 20.7. The number of amides is 2. The highest BCUT2D eigenvalue weighted by Gasteiger charge is 2.27. The van der Waals surface area contributed by atoms with Gasteiger partial charge in [0.2, 0.25) is 0 Å². The standard InChI is InChI=1S/C20H22N2O6/c1-12(2)18(22-19(25)16-9-6-10-27-16)20(26)28-11-17(24)21-15-8-5-4-7-14(15)13(3)23/h4-10,12,18H,11H2,1-3H3,(H,21,24)(H,22,25)/t18-/m0/s1. The molecule has 0 radical (unpaired) electrons. The Morgan fingerprint density at radius 2 is 1.79 bits per heavy atom. The highest BCUT2D eigenvalue weighted by atomic mass is 16.5. The van der Waals surface area contributed by atoms with Gasteiger partial charge in [-0.05, 0) is 37.1 Å². The van der Waals surface area contributed by atoms with E-state index in [9.17, 15) is 19.2 Å². The molecule has 0 bridgehead atoms. The van der Waals surface area contributed by atoms with Crippen LogP contribution in [0.15, 0.2) is 47.1 Å². The summed E-state index contributed by atoms with van der Waals surface area (Å²) < 4.78 is 10.0. The Morgan fingerprint density at radius 1 is 1.07 bits per heavy atom. The molecule has 1 aromatic carbocycles. The minimum atomic E-state index is -0.949. The molecule has 1 heterocycles. The van der Waals surface area contributed by atoms with Crippen LogP contribution in [0.25, 0.3) is 0 Å². The normalized spacial score (nSPS) is 11.6. The van der Waals surface area contributed by atoms with E-state index >= 15 is 0 Å². The van der Waals surface area contributed by atoms with Crippen LogP contribution in [0, 0.1) is 5.92 Å². The van der Waals surface area contributed by atoms with E-state index < -0.39 is 30.4 Å². The summed E-state index contributed by atoms with van der Waals surface area (Å²) in [6.07, 6.45) is 1.35. The van der Waals surface area contributed by atoms with E-state index in [1.54, 1.807) is 44.2 Å². The smallest absolute Gasteiger partial charge is 0.329 e. The number of furan rings is 1. The molecule has 0 fully saturated rings. The number of para-hydroxylation sites is 1. The fourth-order valence-corrected chi connectivity index (χ4v) is 2.43. The van der Waals surface area contributed by atoms with Crippen molar-refractivity contribution in [3.8, 4) is 0 Å². The lowest BCUT2D eigenvalue weighted by Gasteiger charge is -2.20. The Balaban J connectivity index is 1.94. The van der Waals surface area contributed by atoms with Gasteiger partial charge in [-0.2, -0.15) is 0 Å². The van der Waals surface area contributed by atoms with Crippen molar-refractivity contribution in [2.24, 2.45) is 5.92 Å². The van der Waals surface area contributed by atoms with Crippen molar-refractivity contribution >= 4 is 29.3 Å². The highest BCUT2D eigenvalue weighted by Crippen LogP contribution is 2.15. The third kappa shape index (κ3) is 5.54. The first-order valence-corrected chi connectivity index (χ1v) is 8.70. The fraction of sp³-hybridized carbons (Fsp3) is 0.300. The molecule has 0 aliphatic heterocycles. The molecule has 0 spiro atoms. The minimum Gasteiger partial charge on any atom is -0.459 e. The number of hydrogen-bond acceptors (Lipinski definition) is 6. The molecule has 0 saturated carbocycles. The molecule has 0 unspecified atom stereocenters. The first-order chi connectivity index (χ1) is 13.3. The van der Waals surface area contributed by atoms with E-state index in [0.29, 0.717) is 11.3 Å². The van der Waals surface area contributed by atoms with Crippen molar-refractivity contribution < 1.29 is 28.3 Å². The maximum atomic E-state index is 12.3. The quantitative estimate of drug-likeness (QED) is 0.532. The van der Waals surface area contributed by atoms with Crippen LogP contribution < -0.4 is 10.6 Å². The SMILES string of the molecule is CC(=O)c1ccccc1NC(=O)COC(=O)[C@@H](NC(=O)c1ccco1)C(C)C. The van der Waals surface area contributed by atoms with Crippen molar-refractivity contribution in [3.05, 3.63) is 54.0 Å². The van der Waals surface area contributed by atoms with Crippen LogP contribution in [0.5, 0.6) is 0 Å². The van der Waals surface area contributed by atoms with Gasteiger partial charge in [-0.15, -0.1) is 0 Å². The molecule has 2 N–H and O–H groups in total. The van der Waals surface area contributed by atoms with Crippen LogP contribution in [-0.4, -0.2) is 36.2 Å². The highest BCUT2D eigenvalue weighted by molar-refractivity contribution is 6.04. The number of carbonyl (C=O) groups excluding carboxylic acids is 4. The maximum Gasteiger partial charge on any atom is 0.329 e. The van der Waals surface area contributed by atoms with Crippen LogP contribution in [0.1, 0.15) is 41.7 Å². The topological polar surface area (TPSA) is 115 Å². The lowest BCUT2D eigenvalue weighted by atomic mass is 10.0. The molecule has 8 nitrogen and oxygen atoms in total. The van der Waals surface area contributed by atoms with Crippen LogP contribution in [-0.2, 0) is 14.3 Å². The van der Waals surface area contributed by atoms with E-state index in [1.165, 1.54) is 19.3 Å². The zero-order valence-electron chi connectivity index (χ0n) is 15.9. The number of esters is 1. The maximum absolute atomic E-state index is 12.3. The molecule has 1 atom stereocenters. The summed E-state index contributed by atoms with van der Waals surface area (Å²) in [4.78, 5) is 48.1. The third-order valence-electron chi connectivity index (χ3n) is 3.88. The summed E-state index contributed by atoms with van der Waals surface area (Å²) in [5.74, 6) is -2.30. The number of anilines is 1. The van der Waals surface area contributed by atoms with Crippen LogP contribution in [0.4, 0.5) is 5.69 Å². The Labute approximate surface area is 162 Å². The van der Waals surface area contributed by atoms with Gasteiger partial charge in [0.05, 0.1) is 12.0 Å². The molecule has 0 aliphatic rings. The van der Waals surface area contributed by atoms with Gasteiger partial charge in [0.15, 0.2) is 18.2 Å². The van der Waals surface area contributed by atoms with Gasteiger partial charge in [0.1, 0.15) is 6.04 Å². The number of carbonyl (C=O) groups is 4. The minimum absolute atomic E-state index is 0.0667. The van der Waals surface area contributed by atoms with Gasteiger partial charge in [0.25, 0.3) is 11.8 Å². The lowest BCUT2D eigenvalue weighted by Crippen LogP contribution is -2.45. The second-order valence-corrected chi connectivity index (χ2v) is 6.43. The third-order valence-corrected chi connectivity index (χ3v) is 3.88. The predicted molar refractivity (Wildman–Crippen MR) is 101 cm³/mol. The monoisotopic (exact) mass is 386 g/mol. The van der Waals surface area contributed by atoms with Crippen LogP contribution >= 0.6 is 0 Å². The molecule has 2 rings (SSSR count). The molecule has 0 saturated heterocycles. The predicted octanol–water partition coefficient (Wildman–Crippen LogP) is 2.42. The van der Waals surface area contributed by atoms with Gasteiger partial charge in [-0.1, -0.05) is 26.0 Å². The average molecular weight is 386 g/mol. The van der Waals surface area contributed by atoms with Gasteiger partial charge < -0.3 is 19.8 Å². The van der Waals surface area contributed by atoms with E-state index in [-0.39, 0.29) is 17.5 Å². The molecular formula is C20H22N2O6. The van der Waals surface area contributed by atoms with Crippen LogP contribution in [0.2, 0.25) is 0 Å². The Bertz CT molecular complexity index is 857. The number of hydrogen-bond donors (Lipinski definition) is 2. The Morgan fingerprint density at radius 3 is 2.39 bits per heavy atom.